The molecular formula is C11H18N2O3. The van der Waals surface area contributed by atoms with E-state index in [0.29, 0.717) is 18.0 Å². The van der Waals surface area contributed by atoms with Crippen molar-refractivity contribution in [3.63, 3.8) is 0 Å². The lowest BCUT2D eigenvalue weighted by atomic mass is 10.2. The first-order valence-electron chi connectivity index (χ1n) is 5.01. The summed E-state index contributed by atoms with van der Waals surface area (Å²) in [5.41, 5.74) is 7.14. The van der Waals surface area contributed by atoms with E-state index in [4.69, 9.17) is 20.3 Å². The summed E-state index contributed by atoms with van der Waals surface area (Å²) in [7, 11) is 3.15. The zero-order chi connectivity index (χ0) is 12.0. The summed E-state index contributed by atoms with van der Waals surface area (Å²) in [6.07, 6.45) is 0. The van der Waals surface area contributed by atoms with Crippen molar-refractivity contribution >= 4 is 11.4 Å². The molecule has 4 N–H and O–H groups in total. The van der Waals surface area contributed by atoms with E-state index in [1.807, 2.05) is 12.1 Å². The van der Waals surface area contributed by atoms with Gasteiger partial charge in [0.25, 0.3) is 0 Å². The second-order valence-electron chi connectivity index (χ2n) is 3.40. The van der Waals surface area contributed by atoms with E-state index >= 15 is 0 Å². The van der Waals surface area contributed by atoms with Crippen molar-refractivity contribution in [2.24, 2.45) is 0 Å². The molecule has 0 amide bonds. The first-order chi connectivity index (χ1) is 7.72. The molecule has 0 radical (unpaired) electrons. The maximum absolute atomic E-state index is 9.12. The highest BCUT2D eigenvalue weighted by Gasteiger charge is 2.10. The molecule has 0 aromatic heterocycles. The van der Waals surface area contributed by atoms with Gasteiger partial charge in [-0.1, -0.05) is 6.07 Å². The van der Waals surface area contributed by atoms with Gasteiger partial charge in [-0.3, -0.25) is 0 Å². The van der Waals surface area contributed by atoms with Crippen LogP contribution in [0.1, 0.15) is 0 Å². The summed E-state index contributed by atoms with van der Waals surface area (Å²) < 4.78 is 10.1. The third kappa shape index (κ3) is 3.01. The van der Waals surface area contributed by atoms with Gasteiger partial charge < -0.3 is 25.6 Å². The first kappa shape index (κ1) is 12.6. The number of para-hydroxylation sites is 1. The third-order valence-electron chi connectivity index (χ3n) is 2.23. The van der Waals surface area contributed by atoms with E-state index in [-0.39, 0.29) is 12.6 Å². The highest BCUT2D eigenvalue weighted by molar-refractivity contribution is 5.73. The van der Waals surface area contributed by atoms with Crippen LogP contribution < -0.4 is 15.8 Å². The van der Waals surface area contributed by atoms with E-state index in [2.05, 4.69) is 5.32 Å². The van der Waals surface area contributed by atoms with Crippen LogP contribution in [0.4, 0.5) is 11.4 Å². The number of benzene rings is 1. The maximum atomic E-state index is 9.12. The molecule has 1 unspecified atom stereocenters. The summed E-state index contributed by atoms with van der Waals surface area (Å²) in [5.74, 6) is 0.610. The Kier molecular flexibility index (Phi) is 4.88. The topological polar surface area (TPSA) is 76.7 Å². The molecule has 1 aromatic carbocycles. The number of nitrogens with one attached hydrogen (secondary N) is 1. The van der Waals surface area contributed by atoms with Crippen molar-refractivity contribution in [2.75, 3.05) is 38.5 Å². The second-order valence-corrected chi connectivity index (χ2v) is 3.40. The number of ether oxygens (including phenoxy) is 2. The van der Waals surface area contributed by atoms with E-state index < -0.39 is 0 Å². The quantitative estimate of drug-likeness (QED) is 0.622. The van der Waals surface area contributed by atoms with Gasteiger partial charge in [0.2, 0.25) is 0 Å². The van der Waals surface area contributed by atoms with Crippen molar-refractivity contribution in [3.05, 3.63) is 18.2 Å². The van der Waals surface area contributed by atoms with Gasteiger partial charge in [-0.05, 0) is 12.1 Å². The lowest BCUT2D eigenvalue weighted by Crippen LogP contribution is -2.29. The molecule has 0 aliphatic rings. The fourth-order valence-electron chi connectivity index (χ4n) is 1.41. The number of hydrogen-bond acceptors (Lipinski definition) is 5. The lowest BCUT2D eigenvalue weighted by Gasteiger charge is -2.18. The molecule has 90 valence electrons. The molecule has 16 heavy (non-hydrogen) atoms. The Balaban J connectivity index is 2.79. The van der Waals surface area contributed by atoms with Gasteiger partial charge in [-0.2, -0.15) is 0 Å². The van der Waals surface area contributed by atoms with Crippen molar-refractivity contribution in [2.45, 2.75) is 6.04 Å². The molecule has 0 aliphatic heterocycles. The number of hydrogen-bond donors (Lipinski definition) is 3. The molecule has 0 saturated carbocycles. The Bertz CT molecular complexity index is 331. The summed E-state index contributed by atoms with van der Waals surface area (Å²) in [4.78, 5) is 0. The van der Waals surface area contributed by atoms with Crippen molar-refractivity contribution < 1.29 is 14.6 Å². The standard InChI is InChI=1S/C11H18N2O3/c1-15-7-8(6-14)13-9-4-3-5-10(16-2)11(9)12/h3-5,8,13-14H,6-7,12H2,1-2H3. The van der Waals surface area contributed by atoms with Crippen LogP contribution in [0.2, 0.25) is 0 Å². The summed E-state index contributed by atoms with van der Waals surface area (Å²) in [6.45, 7) is 0.387. The predicted molar refractivity (Wildman–Crippen MR) is 63.8 cm³/mol. The monoisotopic (exact) mass is 226 g/mol. The van der Waals surface area contributed by atoms with Crippen LogP contribution in [0.25, 0.3) is 0 Å². The molecule has 1 rings (SSSR count). The summed E-state index contributed by atoms with van der Waals surface area (Å²) in [6, 6.07) is 5.26. The summed E-state index contributed by atoms with van der Waals surface area (Å²) in [5, 5.41) is 12.2. The van der Waals surface area contributed by atoms with Crippen LogP contribution >= 0.6 is 0 Å². The fraction of sp³-hybridized carbons (Fsp3) is 0.455. The zero-order valence-corrected chi connectivity index (χ0v) is 9.56. The van der Waals surface area contributed by atoms with Crippen LogP contribution in [0.15, 0.2) is 18.2 Å². The molecule has 0 aliphatic carbocycles. The Hall–Kier alpha value is -1.46. The lowest BCUT2D eigenvalue weighted by molar-refractivity contribution is 0.153. The minimum Gasteiger partial charge on any atom is -0.495 e. The Morgan fingerprint density at radius 3 is 2.75 bits per heavy atom. The number of anilines is 2. The van der Waals surface area contributed by atoms with Crippen molar-refractivity contribution in [1.29, 1.82) is 0 Å². The van der Waals surface area contributed by atoms with Gasteiger partial charge in [-0.15, -0.1) is 0 Å². The molecule has 1 aromatic rings. The largest absolute Gasteiger partial charge is 0.495 e. The molecule has 0 bridgehead atoms. The highest BCUT2D eigenvalue weighted by Crippen LogP contribution is 2.29. The van der Waals surface area contributed by atoms with Gasteiger partial charge in [0, 0.05) is 7.11 Å². The van der Waals surface area contributed by atoms with Crippen LogP contribution in [-0.4, -0.2) is 38.6 Å². The molecule has 0 heterocycles. The van der Waals surface area contributed by atoms with Crippen molar-refractivity contribution in [3.8, 4) is 5.75 Å². The number of nitrogens with two attached hydrogens (primary N) is 1. The molecule has 1 atom stereocenters. The van der Waals surface area contributed by atoms with Gasteiger partial charge in [0.15, 0.2) is 0 Å². The Labute approximate surface area is 95.2 Å². The van der Waals surface area contributed by atoms with Crippen LogP contribution in [-0.2, 0) is 4.74 Å². The molecule has 0 fully saturated rings. The first-order valence-corrected chi connectivity index (χ1v) is 5.01. The number of aliphatic hydroxyl groups is 1. The predicted octanol–water partition coefficient (Wildman–Crippen LogP) is 0.697. The van der Waals surface area contributed by atoms with Gasteiger partial charge in [-0.25, -0.2) is 0 Å². The number of rotatable bonds is 6. The minimum atomic E-state index is -0.181. The molecular weight excluding hydrogens is 208 g/mol. The van der Waals surface area contributed by atoms with E-state index in [0.717, 1.165) is 5.69 Å². The maximum Gasteiger partial charge on any atom is 0.143 e. The van der Waals surface area contributed by atoms with E-state index in [1.54, 1.807) is 20.3 Å². The smallest absolute Gasteiger partial charge is 0.143 e. The van der Waals surface area contributed by atoms with E-state index in [9.17, 15) is 0 Å². The van der Waals surface area contributed by atoms with Gasteiger partial charge in [0.05, 0.1) is 37.7 Å². The Morgan fingerprint density at radius 2 is 2.19 bits per heavy atom. The highest BCUT2D eigenvalue weighted by atomic mass is 16.5. The normalized spacial score (nSPS) is 12.2. The average molecular weight is 226 g/mol. The van der Waals surface area contributed by atoms with Gasteiger partial charge >= 0.3 is 0 Å². The number of aliphatic hydroxyl groups excluding tert-OH is 1. The Morgan fingerprint density at radius 1 is 1.44 bits per heavy atom. The fourth-order valence-corrected chi connectivity index (χ4v) is 1.41. The zero-order valence-electron chi connectivity index (χ0n) is 9.56. The van der Waals surface area contributed by atoms with Crippen LogP contribution in [0.5, 0.6) is 5.75 Å². The molecule has 0 spiro atoms. The number of methoxy groups -OCH3 is 2. The number of nitrogen functional groups attached to an aromatic ring is 1. The second kappa shape index (κ2) is 6.19. The molecule has 5 nitrogen and oxygen atoms in total. The van der Waals surface area contributed by atoms with Crippen molar-refractivity contribution in [1.82, 2.24) is 0 Å². The SMILES string of the molecule is COCC(CO)Nc1cccc(OC)c1N. The molecule has 0 saturated heterocycles. The van der Waals surface area contributed by atoms with Gasteiger partial charge in [0.1, 0.15) is 5.75 Å². The minimum absolute atomic E-state index is 0.0233. The van der Waals surface area contributed by atoms with Crippen LogP contribution in [0, 0.1) is 0 Å². The van der Waals surface area contributed by atoms with Crippen LogP contribution in [0.3, 0.4) is 0 Å². The van der Waals surface area contributed by atoms with E-state index in [1.165, 1.54) is 0 Å². The molecule has 5 heteroatoms. The average Bonchev–Trinajstić information content (AvgIpc) is 2.31. The third-order valence-corrected chi connectivity index (χ3v) is 2.23. The summed E-state index contributed by atoms with van der Waals surface area (Å²) >= 11 is 0.